The maximum absolute atomic E-state index is 2.33. The first-order valence-corrected chi connectivity index (χ1v) is 7.18. The molecule has 1 aliphatic rings. The number of quaternary nitrogens is 1. The van der Waals surface area contributed by atoms with E-state index in [0.717, 1.165) is 0 Å². The van der Waals surface area contributed by atoms with Gasteiger partial charge in [-0.3, -0.25) is 0 Å². The quantitative estimate of drug-likeness (QED) is 0.453. The van der Waals surface area contributed by atoms with Gasteiger partial charge >= 0.3 is 0 Å². The normalized spacial score (nSPS) is 19.1. The Kier molecular flexibility index (Phi) is 8.91. The molecule has 0 aromatic rings. The first-order chi connectivity index (χ1) is 7.33. The van der Waals surface area contributed by atoms with E-state index in [1.165, 1.54) is 82.0 Å². The molecule has 0 unspecified atom stereocenters. The molecule has 0 N–H and O–H groups in total. The zero-order valence-electron chi connectivity index (χ0n) is 11.3. The van der Waals surface area contributed by atoms with Crippen molar-refractivity contribution in [2.24, 2.45) is 0 Å². The third kappa shape index (κ3) is 5.29. The predicted octanol–water partition coefficient (Wildman–Crippen LogP) is 0.981. The molecule has 0 amide bonds. The monoisotopic (exact) mass is 231 g/mol. The molecule has 0 aromatic carbocycles. The van der Waals surface area contributed by atoms with Gasteiger partial charge in [0, 0.05) is 0 Å². The van der Waals surface area contributed by atoms with Crippen LogP contribution in [0.3, 0.4) is 0 Å². The lowest BCUT2D eigenvalue weighted by Crippen LogP contribution is -3.00. The summed E-state index contributed by atoms with van der Waals surface area (Å²) in [6.07, 6.45) is 11.5. The number of hydrogen-bond donors (Lipinski definition) is 0. The van der Waals surface area contributed by atoms with Crippen LogP contribution in [0, 0.1) is 0 Å². The van der Waals surface area contributed by atoms with Gasteiger partial charge < -0.3 is 9.19 Å². The van der Waals surface area contributed by atoms with Crippen LogP contribution in [0.15, 0.2) is 0 Å². The molecule has 1 fully saturated rings. The second-order valence-electron chi connectivity index (χ2n) is 5.36. The molecule has 0 saturated carbocycles. The van der Waals surface area contributed by atoms with E-state index in [0.29, 0.717) is 0 Å². The summed E-state index contributed by atoms with van der Waals surface area (Å²) in [5.41, 5.74) is 0. The maximum atomic E-state index is 2.33. The highest BCUT2D eigenvalue weighted by Crippen LogP contribution is 2.21. The van der Waals surface area contributed by atoms with Crippen molar-refractivity contribution >= 4 is 0 Å². The van der Waals surface area contributed by atoms with Gasteiger partial charge in [-0.2, -0.15) is 0 Å². The lowest BCUT2D eigenvalue weighted by atomic mass is 10.0. The fraction of sp³-hybridized carbons (Fsp3) is 1.00. The van der Waals surface area contributed by atoms with E-state index in [-0.39, 0.29) is 4.70 Å². The molecule has 1 heterocycles. The number of rotatable bonds is 7. The lowest BCUT2D eigenvalue weighted by Gasteiger charge is -2.42. The molecule has 0 radical (unpaired) electrons. The lowest BCUT2D eigenvalue weighted by molar-refractivity contribution is -0.932. The van der Waals surface area contributed by atoms with E-state index in [9.17, 15) is 0 Å². The summed E-state index contributed by atoms with van der Waals surface area (Å²) >= 11 is 0. The Hall–Kier alpha value is -0.110. The van der Waals surface area contributed by atoms with Crippen LogP contribution in [0.5, 0.6) is 0 Å². The van der Waals surface area contributed by atoms with Gasteiger partial charge in [0.25, 0.3) is 0 Å². The van der Waals surface area contributed by atoms with Crippen LogP contribution in [-0.2, 0) is 0 Å². The molecule has 0 aliphatic carbocycles. The maximum Gasteiger partial charge on any atom is 0.0786 e. The zero-order chi connectivity index (χ0) is 11.0. The summed E-state index contributed by atoms with van der Waals surface area (Å²) in [6.45, 7) is 10.5. The summed E-state index contributed by atoms with van der Waals surface area (Å²) in [4.78, 5) is 0. The van der Waals surface area contributed by atoms with Crippen LogP contribution in [0.2, 0.25) is 0 Å². The van der Waals surface area contributed by atoms with Gasteiger partial charge in [0.1, 0.15) is 0 Å². The van der Waals surface area contributed by atoms with Crippen molar-refractivity contribution in [3.63, 3.8) is 0 Å². The fourth-order valence-corrected chi connectivity index (χ4v) is 2.93. The number of likely N-dealkylation sites (tertiary alicyclic amines) is 1. The Balaban J connectivity index is 0.00000225. The highest BCUT2D eigenvalue weighted by molar-refractivity contribution is 4.55. The Morgan fingerprint density at radius 3 is 1.88 bits per heavy atom. The zero-order valence-corrected chi connectivity index (χ0v) is 11.3. The Morgan fingerprint density at radius 2 is 1.31 bits per heavy atom. The summed E-state index contributed by atoms with van der Waals surface area (Å²) < 4.78 is 1.47. The molecular weight excluding hydrogens is 201 g/mol. The molecule has 98 valence electrons. The molecule has 1 saturated heterocycles. The largest absolute Gasteiger partial charge is 1.00 e. The molecule has 0 aromatic heterocycles. The summed E-state index contributed by atoms with van der Waals surface area (Å²) in [6, 6.07) is 0. The highest BCUT2D eigenvalue weighted by Gasteiger charge is 2.28. The second kappa shape index (κ2) is 8.98. The smallest absolute Gasteiger partial charge is 0.0786 e. The summed E-state index contributed by atoms with van der Waals surface area (Å²) in [5.74, 6) is 0. The SMILES string of the molecule is CCCCC[N+]1(CCCC)CCCCC1.[F-]. The minimum atomic E-state index is 0. The Labute approximate surface area is 101 Å². The van der Waals surface area contributed by atoms with E-state index in [1.54, 1.807) is 0 Å². The van der Waals surface area contributed by atoms with Crippen molar-refractivity contribution in [1.29, 1.82) is 0 Å². The van der Waals surface area contributed by atoms with Crippen LogP contribution in [-0.4, -0.2) is 30.7 Å². The van der Waals surface area contributed by atoms with Crippen LogP contribution < -0.4 is 4.70 Å². The van der Waals surface area contributed by atoms with E-state index in [4.69, 9.17) is 0 Å². The first kappa shape index (κ1) is 15.9. The van der Waals surface area contributed by atoms with Crippen molar-refractivity contribution in [2.75, 3.05) is 26.2 Å². The average molecular weight is 231 g/mol. The Bertz CT molecular complexity index is 153. The fourth-order valence-electron chi connectivity index (χ4n) is 2.93. The number of nitrogens with zero attached hydrogens (tertiary/aromatic N) is 1. The predicted molar refractivity (Wildman–Crippen MR) is 68.0 cm³/mol. The average Bonchev–Trinajstić information content (AvgIpc) is 2.28. The van der Waals surface area contributed by atoms with Crippen LogP contribution in [0.25, 0.3) is 0 Å². The highest BCUT2D eigenvalue weighted by atomic mass is 19.0. The molecule has 0 bridgehead atoms. The summed E-state index contributed by atoms with van der Waals surface area (Å²) in [5, 5.41) is 0. The van der Waals surface area contributed by atoms with Gasteiger partial charge in [-0.15, -0.1) is 0 Å². The molecule has 1 nitrogen and oxygen atoms in total. The van der Waals surface area contributed by atoms with E-state index < -0.39 is 0 Å². The number of unbranched alkanes of at least 4 members (excludes halogenated alkanes) is 3. The number of hydrogen-bond acceptors (Lipinski definition) is 0. The number of halogens is 1. The van der Waals surface area contributed by atoms with Crippen molar-refractivity contribution in [1.82, 2.24) is 0 Å². The molecule has 1 rings (SSSR count). The van der Waals surface area contributed by atoms with E-state index >= 15 is 0 Å². The van der Waals surface area contributed by atoms with Gasteiger partial charge in [0.2, 0.25) is 0 Å². The van der Waals surface area contributed by atoms with E-state index in [2.05, 4.69) is 13.8 Å². The molecule has 2 heteroatoms. The second-order valence-corrected chi connectivity index (χ2v) is 5.36. The third-order valence-electron chi connectivity index (χ3n) is 3.99. The van der Waals surface area contributed by atoms with E-state index in [1.807, 2.05) is 0 Å². The van der Waals surface area contributed by atoms with Crippen molar-refractivity contribution in [3.8, 4) is 0 Å². The van der Waals surface area contributed by atoms with Crippen molar-refractivity contribution in [2.45, 2.75) is 65.2 Å². The third-order valence-corrected chi connectivity index (χ3v) is 3.99. The van der Waals surface area contributed by atoms with Crippen molar-refractivity contribution < 1.29 is 9.19 Å². The Morgan fingerprint density at radius 1 is 0.750 bits per heavy atom. The molecule has 16 heavy (non-hydrogen) atoms. The minimum Gasteiger partial charge on any atom is -1.00 e. The number of piperidine rings is 1. The standard InChI is InChI=1S/C14H30N.FH/c1-3-5-8-12-15(11-6-4-2)13-9-7-10-14-15;/h3-14H2,1-2H3;1H/q+1;/p-1. The van der Waals surface area contributed by atoms with Gasteiger partial charge in [0.05, 0.1) is 26.2 Å². The first-order valence-electron chi connectivity index (χ1n) is 7.18. The van der Waals surface area contributed by atoms with Crippen LogP contribution in [0.4, 0.5) is 0 Å². The topological polar surface area (TPSA) is 0 Å². The van der Waals surface area contributed by atoms with Gasteiger partial charge in [0.15, 0.2) is 0 Å². The van der Waals surface area contributed by atoms with Gasteiger partial charge in [-0.1, -0.05) is 26.7 Å². The minimum absolute atomic E-state index is 0. The molecular formula is C14H30FN. The van der Waals surface area contributed by atoms with Crippen LogP contribution in [0.1, 0.15) is 65.2 Å². The summed E-state index contributed by atoms with van der Waals surface area (Å²) in [7, 11) is 0. The van der Waals surface area contributed by atoms with Crippen LogP contribution >= 0.6 is 0 Å². The van der Waals surface area contributed by atoms with Crippen molar-refractivity contribution in [3.05, 3.63) is 0 Å². The molecule has 0 atom stereocenters. The van der Waals surface area contributed by atoms with Gasteiger partial charge in [-0.25, -0.2) is 0 Å². The molecule has 1 aliphatic heterocycles. The van der Waals surface area contributed by atoms with Gasteiger partial charge in [-0.05, 0) is 38.5 Å². The molecule has 0 spiro atoms.